The third-order valence-corrected chi connectivity index (χ3v) is 3.61. The number of benzene rings is 1. The lowest BCUT2D eigenvalue weighted by molar-refractivity contribution is -0.384. The monoisotopic (exact) mass is 298 g/mol. The molecule has 1 aromatic rings. The van der Waals surface area contributed by atoms with Gasteiger partial charge in [0.15, 0.2) is 11.6 Å². The van der Waals surface area contributed by atoms with Gasteiger partial charge in [-0.2, -0.15) is 0 Å². The topological polar surface area (TPSA) is 102 Å². The molecule has 0 heterocycles. The van der Waals surface area contributed by atoms with Crippen LogP contribution in [0.25, 0.3) is 0 Å². The van der Waals surface area contributed by atoms with Gasteiger partial charge in [0, 0.05) is 12.1 Å². The van der Waals surface area contributed by atoms with E-state index in [9.17, 15) is 19.3 Å². The summed E-state index contributed by atoms with van der Waals surface area (Å²) in [6.07, 6.45) is 1.49. The van der Waals surface area contributed by atoms with Crippen LogP contribution in [-0.4, -0.2) is 29.2 Å². The minimum absolute atomic E-state index is 0.101. The maximum absolute atomic E-state index is 13.5. The summed E-state index contributed by atoms with van der Waals surface area (Å²) in [5.74, 6) is -2.24. The van der Waals surface area contributed by atoms with Crippen LogP contribution in [0, 0.1) is 21.8 Å². The number of hydrogen-bond donors (Lipinski definition) is 2. The molecule has 0 aromatic heterocycles. The summed E-state index contributed by atoms with van der Waals surface area (Å²) >= 11 is 0. The van der Waals surface area contributed by atoms with Gasteiger partial charge in [-0.05, 0) is 19.3 Å². The Balaban J connectivity index is 2.23. The molecule has 1 saturated carbocycles. The fourth-order valence-electron chi connectivity index (χ4n) is 2.52. The van der Waals surface area contributed by atoms with E-state index < -0.39 is 28.3 Å². The Morgan fingerprint density at radius 3 is 2.76 bits per heavy atom. The van der Waals surface area contributed by atoms with Crippen LogP contribution in [0.2, 0.25) is 0 Å². The molecular formula is C13H15FN2O5. The highest BCUT2D eigenvalue weighted by atomic mass is 19.1. The van der Waals surface area contributed by atoms with Crippen LogP contribution >= 0.6 is 0 Å². The predicted octanol–water partition coefficient (Wildman–Crippen LogP) is 2.41. The molecular weight excluding hydrogens is 283 g/mol. The van der Waals surface area contributed by atoms with E-state index in [2.05, 4.69) is 5.32 Å². The molecule has 2 unspecified atom stereocenters. The number of anilines is 1. The third-order valence-electron chi connectivity index (χ3n) is 3.61. The number of halogens is 1. The van der Waals surface area contributed by atoms with E-state index in [0.717, 1.165) is 6.07 Å². The maximum atomic E-state index is 13.5. The van der Waals surface area contributed by atoms with Crippen LogP contribution in [0.1, 0.15) is 19.3 Å². The van der Waals surface area contributed by atoms with Gasteiger partial charge in [-0.25, -0.2) is 4.39 Å². The van der Waals surface area contributed by atoms with E-state index >= 15 is 0 Å². The Morgan fingerprint density at radius 2 is 2.24 bits per heavy atom. The van der Waals surface area contributed by atoms with Gasteiger partial charge in [0.2, 0.25) is 0 Å². The zero-order valence-corrected chi connectivity index (χ0v) is 11.3. The minimum atomic E-state index is -0.870. The molecule has 7 nitrogen and oxygen atoms in total. The van der Waals surface area contributed by atoms with E-state index in [1.165, 1.54) is 13.2 Å². The Morgan fingerprint density at radius 1 is 1.52 bits per heavy atom. The number of aliphatic carboxylic acids is 1. The summed E-state index contributed by atoms with van der Waals surface area (Å²) in [5, 5.41) is 22.9. The molecule has 21 heavy (non-hydrogen) atoms. The van der Waals surface area contributed by atoms with E-state index in [1.807, 2.05) is 0 Å². The van der Waals surface area contributed by atoms with Crippen molar-refractivity contribution in [3.05, 3.63) is 28.1 Å². The molecule has 0 spiro atoms. The minimum Gasteiger partial charge on any atom is -0.494 e. The van der Waals surface area contributed by atoms with Crippen molar-refractivity contribution in [3.63, 3.8) is 0 Å². The predicted molar refractivity (Wildman–Crippen MR) is 72.0 cm³/mol. The molecule has 0 radical (unpaired) electrons. The number of carbonyl (C=O) groups is 1. The number of carboxylic acid groups (broad SMARTS) is 1. The number of ether oxygens (including phenoxy) is 1. The molecule has 0 bridgehead atoms. The first-order chi connectivity index (χ1) is 9.92. The smallest absolute Gasteiger partial charge is 0.306 e. The molecule has 1 aliphatic carbocycles. The molecule has 1 fully saturated rings. The summed E-state index contributed by atoms with van der Waals surface area (Å²) in [7, 11) is 1.27. The molecule has 0 saturated heterocycles. The van der Waals surface area contributed by atoms with Gasteiger partial charge >= 0.3 is 5.97 Å². The number of methoxy groups -OCH3 is 1. The quantitative estimate of drug-likeness (QED) is 0.639. The number of nitro benzene ring substituents is 1. The summed E-state index contributed by atoms with van der Waals surface area (Å²) in [6.45, 7) is 0. The highest BCUT2D eigenvalue weighted by Crippen LogP contribution is 2.35. The van der Waals surface area contributed by atoms with Gasteiger partial charge in [0.05, 0.1) is 24.0 Å². The lowest BCUT2D eigenvalue weighted by Gasteiger charge is -2.15. The van der Waals surface area contributed by atoms with E-state index in [4.69, 9.17) is 9.84 Å². The Bertz CT molecular complexity index is 578. The number of carboxylic acids is 1. The maximum Gasteiger partial charge on any atom is 0.306 e. The summed E-state index contributed by atoms with van der Waals surface area (Å²) in [5.41, 5.74) is -0.263. The van der Waals surface area contributed by atoms with Crippen molar-refractivity contribution in [1.29, 1.82) is 0 Å². The second-order valence-electron chi connectivity index (χ2n) is 4.95. The Labute approximate surface area is 119 Å². The van der Waals surface area contributed by atoms with E-state index in [-0.39, 0.29) is 17.5 Å². The van der Waals surface area contributed by atoms with Crippen molar-refractivity contribution in [3.8, 4) is 5.75 Å². The molecule has 2 N–H and O–H groups in total. The fourth-order valence-corrected chi connectivity index (χ4v) is 2.52. The van der Waals surface area contributed by atoms with Crippen LogP contribution in [0.3, 0.4) is 0 Å². The SMILES string of the molecule is COc1cc(NC2CCC(C(=O)O)C2)c([N+](=O)[O-])cc1F. The molecule has 0 amide bonds. The number of nitro groups is 1. The van der Waals surface area contributed by atoms with Crippen LogP contribution < -0.4 is 10.1 Å². The number of rotatable bonds is 5. The van der Waals surface area contributed by atoms with Crippen LogP contribution in [-0.2, 0) is 4.79 Å². The molecule has 8 heteroatoms. The van der Waals surface area contributed by atoms with Crippen molar-refractivity contribution in [2.45, 2.75) is 25.3 Å². The summed E-state index contributed by atoms with van der Waals surface area (Å²) < 4.78 is 18.3. The first kappa shape index (κ1) is 15.0. The molecule has 0 aliphatic heterocycles. The molecule has 114 valence electrons. The fraction of sp³-hybridized carbons (Fsp3) is 0.462. The second-order valence-corrected chi connectivity index (χ2v) is 4.95. The highest BCUT2D eigenvalue weighted by Gasteiger charge is 2.31. The Kier molecular flexibility index (Phi) is 4.25. The molecule has 2 rings (SSSR count). The number of nitrogens with zero attached hydrogens (tertiary/aromatic N) is 1. The van der Waals surface area contributed by atoms with Crippen LogP contribution in [0.4, 0.5) is 15.8 Å². The molecule has 1 aliphatic rings. The van der Waals surface area contributed by atoms with Crippen molar-refractivity contribution in [1.82, 2.24) is 0 Å². The highest BCUT2D eigenvalue weighted by molar-refractivity contribution is 5.71. The van der Waals surface area contributed by atoms with E-state index in [0.29, 0.717) is 19.3 Å². The largest absolute Gasteiger partial charge is 0.494 e. The van der Waals surface area contributed by atoms with Gasteiger partial charge in [0.1, 0.15) is 5.69 Å². The van der Waals surface area contributed by atoms with E-state index in [1.54, 1.807) is 0 Å². The summed E-state index contributed by atoms with van der Waals surface area (Å²) in [4.78, 5) is 21.2. The van der Waals surface area contributed by atoms with Crippen molar-refractivity contribution >= 4 is 17.3 Å². The van der Waals surface area contributed by atoms with Crippen molar-refractivity contribution in [2.75, 3.05) is 12.4 Å². The average molecular weight is 298 g/mol. The van der Waals surface area contributed by atoms with Crippen LogP contribution in [0.15, 0.2) is 12.1 Å². The van der Waals surface area contributed by atoms with Crippen LogP contribution in [0.5, 0.6) is 5.75 Å². The number of hydrogen-bond acceptors (Lipinski definition) is 5. The zero-order chi connectivity index (χ0) is 15.6. The molecule has 2 atom stereocenters. The van der Waals surface area contributed by atoms with Crippen molar-refractivity contribution in [2.24, 2.45) is 5.92 Å². The Hall–Kier alpha value is -2.38. The van der Waals surface area contributed by atoms with Gasteiger partial charge < -0.3 is 15.2 Å². The lowest BCUT2D eigenvalue weighted by atomic mass is 10.1. The first-order valence-corrected chi connectivity index (χ1v) is 6.43. The van der Waals surface area contributed by atoms with Gasteiger partial charge in [-0.3, -0.25) is 14.9 Å². The third kappa shape index (κ3) is 3.21. The lowest BCUT2D eigenvalue weighted by Crippen LogP contribution is -2.18. The first-order valence-electron chi connectivity index (χ1n) is 6.43. The van der Waals surface area contributed by atoms with Crippen molar-refractivity contribution < 1.29 is 24.0 Å². The normalized spacial score (nSPS) is 21.0. The standard InChI is InChI=1S/C13H15FN2O5/c1-21-12-6-10(11(16(19)20)5-9(12)14)15-8-3-2-7(4-8)13(17)18/h5-8,15H,2-4H2,1H3,(H,17,18). The zero-order valence-electron chi connectivity index (χ0n) is 11.3. The van der Waals surface area contributed by atoms with Gasteiger partial charge in [-0.15, -0.1) is 0 Å². The van der Waals surface area contributed by atoms with Gasteiger partial charge in [0.25, 0.3) is 5.69 Å². The second kappa shape index (κ2) is 5.94. The van der Waals surface area contributed by atoms with Gasteiger partial charge in [-0.1, -0.05) is 0 Å². The number of nitrogens with one attached hydrogen (secondary N) is 1. The average Bonchev–Trinajstić information content (AvgIpc) is 2.88. The summed E-state index contributed by atoms with van der Waals surface area (Å²) in [6, 6.07) is 1.83. The molecule has 1 aromatic carbocycles.